The molecule has 140 valence electrons. The molecule has 0 radical (unpaired) electrons. The second-order valence-electron chi connectivity index (χ2n) is 5.23. The van der Waals surface area contributed by atoms with Crippen LogP contribution < -0.4 is 10.5 Å². The Hall–Kier alpha value is -2.29. The zero-order valence-electron chi connectivity index (χ0n) is 14.9. The number of benzene rings is 1. The van der Waals surface area contributed by atoms with Gasteiger partial charge in [-0.3, -0.25) is 0 Å². The molecule has 2 unspecified atom stereocenters. The van der Waals surface area contributed by atoms with Crippen molar-refractivity contribution < 1.29 is 23.7 Å². The average Bonchev–Trinajstić information content (AvgIpc) is 2.68. The molecule has 0 saturated heterocycles. The van der Waals surface area contributed by atoms with Crippen LogP contribution in [0.3, 0.4) is 0 Å². The van der Waals surface area contributed by atoms with Gasteiger partial charge in [-0.1, -0.05) is 23.9 Å². The fourth-order valence-electron chi connectivity index (χ4n) is 2.26. The van der Waals surface area contributed by atoms with E-state index < -0.39 is 17.3 Å². The van der Waals surface area contributed by atoms with E-state index in [4.69, 9.17) is 24.7 Å². The number of nitrogen functional groups attached to an aromatic ring is 1. The summed E-state index contributed by atoms with van der Waals surface area (Å²) >= 11 is 1.33. The van der Waals surface area contributed by atoms with Crippen molar-refractivity contribution in [3.05, 3.63) is 48.2 Å². The van der Waals surface area contributed by atoms with E-state index in [0.29, 0.717) is 16.5 Å². The number of esters is 1. The Morgan fingerprint density at radius 1 is 1.19 bits per heavy atom. The normalized spacial score (nSPS) is 13.0. The summed E-state index contributed by atoms with van der Waals surface area (Å²) in [5.74, 6) is 0.201. The average molecular weight is 378 g/mol. The van der Waals surface area contributed by atoms with Crippen LogP contribution in [0.5, 0.6) is 5.75 Å². The highest BCUT2D eigenvalue weighted by Gasteiger charge is 2.33. The summed E-state index contributed by atoms with van der Waals surface area (Å²) in [6.45, 7) is -0.0509. The summed E-state index contributed by atoms with van der Waals surface area (Å²) in [5, 5.41) is 0.156. The molecular formula is C18H22N2O5S. The fourth-order valence-corrected chi connectivity index (χ4v) is 3.43. The lowest BCUT2D eigenvalue weighted by molar-refractivity contribution is -0.162. The number of aromatic nitrogens is 1. The van der Waals surface area contributed by atoms with Gasteiger partial charge < -0.3 is 24.7 Å². The summed E-state index contributed by atoms with van der Waals surface area (Å²) in [6, 6.07) is 10.9. The lowest BCUT2D eigenvalue weighted by Crippen LogP contribution is -2.31. The molecule has 1 aromatic carbocycles. The first-order valence-electron chi connectivity index (χ1n) is 7.80. The Morgan fingerprint density at radius 2 is 1.92 bits per heavy atom. The molecule has 0 bridgehead atoms. The molecule has 7 nitrogen and oxygen atoms in total. The molecule has 2 atom stereocenters. The minimum absolute atomic E-state index is 0.0509. The molecule has 0 spiro atoms. The zero-order chi connectivity index (χ0) is 18.9. The number of nitrogens with zero attached hydrogens (tertiary/aromatic N) is 1. The van der Waals surface area contributed by atoms with E-state index in [0.717, 1.165) is 5.56 Å². The van der Waals surface area contributed by atoms with Gasteiger partial charge in [0.1, 0.15) is 17.6 Å². The number of anilines is 1. The molecule has 1 aromatic heterocycles. The van der Waals surface area contributed by atoms with E-state index in [1.54, 1.807) is 25.4 Å². The highest BCUT2D eigenvalue weighted by molar-refractivity contribution is 7.99. The number of methoxy groups -OCH3 is 3. The van der Waals surface area contributed by atoms with Crippen LogP contribution in [-0.4, -0.2) is 45.2 Å². The Labute approximate surface area is 156 Å². The predicted molar refractivity (Wildman–Crippen MR) is 99.0 cm³/mol. The van der Waals surface area contributed by atoms with Gasteiger partial charge in [-0.25, -0.2) is 9.78 Å². The SMILES string of the molecule is COCOC(C(=O)OC)C(Sc1ncccc1N)c1ccc(OC)cc1. The number of carbonyl (C=O) groups excluding carboxylic acids is 1. The summed E-state index contributed by atoms with van der Waals surface area (Å²) < 4.78 is 20.7. The summed E-state index contributed by atoms with van der Waals surface area (Å²) in [6.07, 6.45) is 0.743. The molecular weight excluding hydrogens is 356 g/mol. The second-order valence-corrected chi connectivity index (χ2v) is 6.36. The standard InChI is InChI=1S/C18H22N2O5S/c1-22-11-25-15(18(21)24-3)16(12-6-8-13(23-2)9-7-12)26-17-14(19)5-4-10-20-17/h4-10,15-16H,11,19H2,1-3H3. The fraction of sp³-hybridized carbons (Fsp3) is 0.333. The van der Waals surface area contributed by atoms with Crippen molar-refractivity contribution in [3.8, 4) is 5.75 Å². The minimum Gasteiger partial charge on any atom is -0.497 e. The molecule has 0 aliphatic heterocycles. The first-order valence-corrected chi connectivity index (χ1v) is 8.68. The third-order valence-corrected chi connectivity index (χ3v) is 4.90. The van der Waals surface area contributed by atoms with Crippen molar-refractivity contribution in [2.45, 2.75) is 16.4 Å². The number of ether oxygens (including phenoxy) is 4. The number of nitrogens with two attached hydrogens (primary N) is 1. The van der Waals surface area contributed by atoms with Crippen molar-refractivity contribution in [1.82, 2.24) is 4.98 Å². The number of pyridine rings is 1. The summed E-state index contributed by atoms with van der Waals surface area (Å²) in [4.78, 5) is 16.6. The van der Waals surface area contributed by atoms with Crippen LogP contribution in [0.15, 0.2) is 47.6 Å². The number of carbonyl (C=O) groups is 1. The van der Waals surface area contributed by atoms with Crippen LogP contribution in [-0.2, 0) is 19.0 Å². The molecule has 8 heteroatoms. The molecule has 0 fully saturated rings. The van der Waals surface area contributed by atoms with Crippen LogP contribution in [0, 0.1) is 0 Å². The van der Waals surface area contributed by atoms with E-state index in [9.17, 15) is 4.79 Å². The highest BCUT2D eigenvalue weighted by atomic mass is 32.2. The van der Waals surface area contributed by atoms with Gasteiger partial charge in [-0.2, -0.15) is 0 Å². The number of hydrogen-bond donors (Lipinski definition) is 1. The number of thioether (sulfide) groups is 1. The first kappa shape index (κ1) is 20.0. The molecule has 2 N–H and O–H groups in total. The second kappa shape index (κ2) is 10.0. The smallest absolute Gasteiger partial charge is 0.336 e. The Morgan fingerprint density at radius 3 is 2.50 bits per heavy atom. The Bertz CT molecular complexity index is 711. The van der Waals surface area contributed by atoms with Gasteiger partial charge in [0.05, 0.1) is 25.2 Å². The Balaban J connectivity index is 2.40. The highest BCUT2D eigenvalue weighted by Crippen LogP contribution is 2.41. The molecule has 2 aromatic rings. The third-order valence-electron chi connectivity index (χ3n) is 3.56. The lowest BCUT2D eigenvalue weighted by atomic mass is 10.1. The third kappa shape index (κ3) is 5.10. The van der Waals surface area contributed by atoms with Crippen LogP contribution in [0.25, 0.3) is 0 Å². The van der Waals surface area contributed by atoms with E-state index in [2.05, 4.69) is 4.98 Å². The van der Waals surface area contributed by atoms with Crippen molar-refractivity contribution in [2.75, 3.05) is 33.9 Å². The quantitative estimate of drug-likeness (QED) is 0.404. The van der Waals surface area contributed by atoms with Gasteiger partial charge in [0.2, 0.25) is 0 Å². The van der Waals surface area contributed by atoms with Crippen LogP contribution in [0.2, 0.25) is 0 Å². The zero-order valence-corrected chi connectivity index (χ0v) is 15.7. The number of hydrogen-bond acceptors (Lipinski definition) is 8. The van der Waals surface area contributed by atoms with E-state index >= 15 is 0 Å². The van der Waals surface area contributed by atoms with Crippen LogP contribution in [0.4, 0.5) is 5.69 Å². The molecule has 0 aliphatic rings. The summed E-state index contributed by atoms with van der Waals surface area (Å²) in [5.41, 5.74) is 7.38. The van der Waals surface area contributed by atoms with E-state index in [-0.39, 0.29) is 6.79 Å². The Kier molecular flexibility index (Phi) is 7.71. The maximum Gasteiger partial charge on any atom is 0.336 e. The maximum atomic E-state index is 12.3. The van der Waals surface area contributed by atoms with Gasteiger partial charge >= 0.3 is 5.97 Å². The predicted octanol–water partition coefficient (Wildman–Crippen LogP) is 2.67. The van der Waals surface area contributed by atoms with Gasteiger partial charge in [-0.15, -0.1) is 0 Å². The van der Waals surface area contributed by atoms with Gasteiger partial charge in [-0.05, 0) is 29.8 Å². The van der Waals surface area contributed by atoms with Crippen LogP contribution >= 0.6 is 11.8 Å². The molecule has 26 heavy (non-hydrogen) atoms. The molecule has 1 heterocycles. The topological polar surface area (TPSA) is 92.9 Å². The van der Waals surface area contributed by atoms with Gasteiger partial charge in [0, 0.05) is 13.3 Å². The maximum absolute atomic E-state index is 12.3. The monoisotopic (exact) mass is 378 g/mol. The van der Waals surface area contributed by atoms with Crippen LogP contribution in [0.1, 0.15) is 10.8 Å². The largest absolute Gasteiger partial charge is 0.497 e. The van der Waals surface area contributed by atoms with E-state index in [1.807, 2.05) is 24.3 Å². The molecule has 0 saturated carbocycles. The molecule has 0 amide bonds. The lowest BCUT2D eigenvalue weighted by Gasteiger charge is -2.25. The van der Waals surface area contributed by atoms with Gasteiger partial charge in [0.25, 0.3) is 0 Å². The van der Waals surface area contributed by atoms with Crippen molar-refractivity contribution in [3.63, 3.8) is 0 Å². The van der Waals surface area contributed by atoms with Crippen molar-refractivity contribution in [1.29, 1.82) is 0 Å². The van der Waals surface area contributed by atoms with Gasteiger partial charge in [0.15, 0.2) is 6.10 Å². The molecule has 2 rings (SSSR count). The minimum atomic E-state index is -0.903. The van der Waals surface area contributed by atoms with Crippen molar-refractivity contribution in [2.24, 2.45) is 0 Å². The summed E-state index contributed by atoms with van der Waals surface area (Å²) in [7, 11) is 4.39. The molecule has 0 aliphatic carbocycles. The number of rotatable bonds is 9. The first-order chi connectivity index (χ1) is 12.6. The van der Waals surface area contributed by atoms with Crippen molar-refractivity contribution >= 4 is 23.4 Å². The van der Waals surface area contributed by atoms with E-state index in [1.165, 1.54) is 26.0 Å².